The van der Waals surface area contributed by atoms with Crippen molar-refractivity contribution in [1.82, 2.24) is 39.2 Å². The molecule has 0 saturated carbocycles. The molecule has 2 aliphatic heterocycles. The lowest BCUT2D eigenvalue weighted by Gasteiger charge is -2.45. The minimum absolute atomic E-state index is 0.0965. The van der Waals surface area contributed by atoms with Crippen molar-refractivity contribution in [2.45, 2.75) is 43.9 Å². The third-order valence-electron chi connectivity index (χ3n) is 7.12. The average Bonchev–Trinajstić information content (AvgIpc) is 3.46. The first-order valence-corrected chi connectivity index (χ1v) is 11.4. The van der Waals surface area contributed by atoms with Gasteiger partial charge in [-0.15, -0.1) is 0 Å². The molecule has 1 saturated heterocycles. The Labute approximate surface area is 198 Å². The van der Waals surface area contributed by atoms with Crippen LogP contribution in [0.2, 0.25) is 0 Å². The number of carbonyl (C=O) groups is 1. The van der Waals surface area contributed by atoms with E-state index in [1.807, 2.05) is 11.0 Å². The molecular weight excluding hydrogens is 461 g/mol. The molecule has 0 aromatic carbocycles. The smallest absolute Gasteiger partial charge is 0.325 e. The third-order valence-corrected chi connectivity index (χ3v) is 7.12. The summed E-state index contributed by atoms with van der Waals surface area (Å²) in [5.74, 6) is -0.170. The summed E-state index contributed by atoms with van der Waals surface area (Å²) in [5, 5.41) is 13.6. The quantitative estimate of drug-likeness (QED) is 0.435. The molecule has 182 valence electrons. The lowest BCUT2D eigenvalue weighted by molar-refractivity contribution is -0.141. The molecule has 2 aliphatic rings. The first-order chi connectivity index (χ1) is 16.6. The number of hydrogen-bond donors (Lipinski definition) is 0. The maximum atomic E-state index is 13.8. The number of alkyl halides is 3. The number of aryl methyl sites for hydroxylation is 3. The third kappa shape index (κ3) is 3.18. The summed E-state index contributed by atoms with van der Waals surface area (Å²) >= 11 is 0. The fraction of sp³-hybridized carbons (Fsp3) is 0.435. The van der Waals surface area contributed by atoms with E-state index < -0.39 is 11.9 Å². The highest BCUT2D eigenvalue weighted by atomic mass is 19.4. The molecule has 0 aliphatic carbocycles. The van der Waals surface area contributed by atoms with Crippen LogP contribution in [0.5, 0.6) is 0 Å². The maximum Gasteiger partial charge on any atom is 0.435 e. The summed E-state index contributed by atoms with van der Waals surface area (Å²) in [6.07, 6.45) is 0.119. The van der Waals surface area contributed by atoms with Gasteiger partial charge in [-0.05, 0) is 43.9 Å². The topological polar surface area (TPSA) is 86.7 Å². The van der Waals surface area contributed by atoms with Gasteiger partial charge in [0.25, 0.3) is 5.91 Å². The molecule has 0 spiro atoms. The molecular formula is C23H23F3N8O. The molecule has 35 heavy (non-hydrogen) atoms. The molecule has 1 amide bonds. The molecule has 0 N–H and O–H groups in total. The highest BCUT2D eigenvalue weighted by Gasteiger charge is 2.45. The van der Waals surface area contributed by atoms with Crippen LogP contribution < -0.4 is 0 Å². The highest BCUT2D eigenvalue weighted by molar-refractivity contribution is 6.04. The second-order valence-corrected chi connectivity index (χ2v) is 9.24. The zero-order chi connectivity index (χ0) is 24.6. The molecule has 4 aromatic rings. The number of nitrogens with zero attached hydrogens (tertiary/aromatic N) is 8. The Morgan fingerprint density at radius 3 is 2.60 bits per heavy atom. The van der Waals surface area contributed by atoms with Gasteiger partial charge in [0.05, 0.1) is 28.5 Å². The SMILES string of the molecule is Cn1nc(C(F)(F)F)cc1-c1c2c(nn1C)[C@H]1CCC[C@@H](C2)N1C(=O)c1nn(C)c2ncccc12. The van der Waals surface area contributed by atoms with E-state index in [0.717, 1.165) is 36.6 Å². The summed E-state index contributed by atoms with van der Waals surface area (Å²) in [5.41, 5.74) is 2.64. The molecule has 4 aromatic heterocycles. The van der Waals surface area contributed by atoms with Crippen LogP contribution >= 0.6 is 0 Å². The number of halogens is 3. The molecule has 0 radical (unpaired) electrons. The molecule has 6 heterocycles. The van der Waals surface area contributed by atoms with Crippen LogP contribution in [0.25, 0.3) is 22.4 Å². The fourth-order valence-electron chi connectivity index (χ4n) is 5.67. The van der Waals surface area contributed by atoms with E-state index in [2.05, 4.69) is 15.2 Å². The Bertz CT molecular complexity index is 1480. The Morgan fingerprint density at radius 2 is 1.86 bits per heavy atom. The Kier molecular flexibility index (Phi) is 4.61. The normalized spacial score (nSPS) is 19.9. The van der Waals surface area contributed by atoms with E-state index in [9.17, 15) is 18.0 Å². The van der Waals surface area contributed by atoms with Gasteiger partial charge in [0.2, 0.25) is 0 Å². The maximum absolute atomic E-state index is 13.8. The molecule has 0 unspecified atom stereocenters. The van der Waals surface area contributed by atoms with E-state index in [0.29, 0.717) is 34.5 Å². The predicted molar refractivity (Wildman–Crippen MR) is 119 cm³/mol. The monoisotopic (exact) mass is 484 g/mol. The first-order valence-electron chi connectivity index (χ1n) is 11.4. The van der Waals surface area contributed by atoms with Crippen LogP contribution in [-0.2, 0) is 33.7 Å². The van der Waals surface area contributed by atoms with Gasteiger partial charge in [0.1, 0.15) is 0 Å². The number of pyridine rings is 1. The summed E-state index contributed by atoms with van der Waals surface area (Å²) in [7, 11) is 4.99. The van der Waals surface area contributed by atoms with Crippen LogP contribution in [0.4, 0.5) is 13.2 Å². The molecule has 1 fully saturated rings. The second kappa shape index (κ2) is 7.40. The van der Waals surface area contributed by atoms with Crippen LogP contribution in [0.15, 0.2) is 24.4 Å². The number of amides is 1. The standard InChI is InChI=1S/C23H23F3N8O/c1-31-16(11-17(28-31)23(24,25)26)20-14-10-12-6-4-8-15(18(14)29-32(20)2)34(12)22(35)19-13-7-5-9-27-21(13)33(3)30-19/h5,7,9,11-12,15H,4,6,8,10H2,1-3H3/t12-,15+/m0/s1. The fourth-order valence-corrected chi connectivity index (χ4v) is 5.67. The van der Waals surface area contributed by atoms with Gasteiger partial charge in [-0.3, -0.25) is 14.2 Å². The summed E-state index contributed by atoms with van der Waals surface area (Å²) in [4.78, 5) is 20.0. The largest absolute Gasteiger partial charge is 0.435 e. The van der Waals surface area contributed by atoms with Crippen molar-refractivity contribution in [3.8, 4) is 11.4 Å². The predicted octanol–water partition coefficient (Wildman–Crippen LogP) is 3.41. The van der Waals surface area contributed by atoms with E-state index in [1.54, 1.807) is 35.7 Å². The second-order valence-electron chi connectivity index (χ2n) is 9.24. The van der Waals surface area contributed by atoms with E-state index in [-0.39, 0.29) is 18.0 Å². The van der Waals surface area contributed by atoms with Crippen molar-refractivity contribution in [2.75, 3.05) is 0 Å². The molecule has 9 nitrogen and oxygen atoms in total. The van der Waals surface area contributed by atoms with Crippen LogP contribution in [0.1, 0.15) is 52.7 Å². The lowest BCUT2D eigenvalue weighted by atomic mass is 9.82. The number of hydrogen-bond acceptors (Lipinski definition) is 5. The number of aromatic nitrogens is 7. The summed E-state index contributed by atoms with van der Waals surface area (Å²) in [6.45, 7) is 0. The van der Waals surface area contributed by atoms with Crippen molar-refractivity contribution in [1.29, 1.82) is 0 Å². The van der Waals surface area contributed by atoms with E-state index >= 15 is 0 Å². The summed E-state index contributed by atoms with van der Waals surface area (Å²) in [6, 6.07) is 4.32. The van der Waals surface area contributed by atoms with Crippen molar-refractivity contribution in [3.63, 3.8) is 0 Å². The van der Waals surface area contributed by atoms with Crippen molar-refractivity contribution >= 4 is 16.9 Å². The van der Waals surface area contributed by atoms with Crippen LogP contribution in [-0.4, -0.2) is 51.2 Å². The van der Waals surface area contributed by atoms with Gasteiger partial charge in [0.15, 0.2) is 17.0 Å². The number of piperidine rings is 1. The Morgan fingerprint density at radius 1 is 1.06 bits per heavy atom. The lowest BCUT2D eigenvalue weighted by Crippen LogP contribution is -2.50. The van der Waals surface area contributed by atoms with Gasteiger partial charge < -0.3 is 4.90 Å². The zero-order valence-electron chi connectivity index (χ0n) is 19.4. The highest BCUT2D eigenvalue weighted by Crippen LogP contribution is 2.45. The van der Waals surface area contributed by atoms with E-state index in [1.165, 1.54) is 11.7 Å². The zero-order valence-corrected chi connectivity index (χ0v) is 19.4. The van der Waals surface area contributed by atoms with Crippen LogP contribution in [0, 0.1) is 0 Å². The van der Waals surface area contributed by atoms with Gasteiger partial charge in [-0.2, -0.15) is 28.5 Å². The number of fused-ring (bicyclic) bond motifs is 5. The van der Waals surface area contributed by atoms with Crippen molar-refractivity contribution in [3.05, 3.63) is 47.0 Å². The summed E-state index contributed by atoms with van der Waals surface area (Å²) < 4.78 is 44.4. The average molecular weight is 484 g/mol. The van der Waals surface area contributed by atoms with Gasteiger partial charge in [-0.1, -0.05) is 0 Å². The van der Waals surface area contributed by atoms with Crippen LogP contribution in [0.3, 0.4) is 0 Å². The molecule has 2 atom stereocenters. The van der Waals surface area contributed by atoms with Gasteiger partial charge in [0, 0.05) is 38.9 Å². The number of carbonyl (C=O) groups excluding carboxylic acids is 1. The van der Waals surface area contributed by atoms with Crippen molar-refractivity contribution in [2.24, 2.45) is 21.1 Å². The van der Waals surface area contributed by atoms with Gasteiger partial charge in [-0.25, -0.2) is 9.67 Å². The first kappa shape index (κ1) is 21.8. The Balaban J connectivity index is 1.44. The molecule has 6 rings (SSSR count). The Hall–Kier alpha value is -3.70. The minimum Gasteiger partial charge on any atom is -0.325 e. The number of rotatable bonds is 2. The minimum atomic E-state index is -4.53. The van der Waals surface area contributed by atoms with E-state index in [4.69, 9.17) is 5.10 Å². The molecule has 12 heteroatoms. The van der Waals surface area contributed by atoms with Crippen molar-refractivity contribution < 1.29 is 18.0 Å². The van der Waals surface area contributed by atoms with Gasteiger partial charge >= 0.3 is 6.18 Å². The molecule has 2 bridgehead atoms.